The average Bonchev–Trinajstić information content (AvgIpc) is 3.52. The van der Waals surface area contributed by atoms with Gasteiger partial charge in [-0.2, -0.15) is 0 Å². The van der Waals surface area contributed by atoms with Crippen LogP contribution in [0, 0.1) is 23.7 Å². The quantitative estimate of drug-likeness (QED) is 0.481. The number of aromatic nitrogens is 1. The van der Waals surface area contributed by atoms with Gasteiger partial charge in [0.1, 0.15) is 0 Å². The molecule has 2 fully saturated rings. The molecule has 3 amide bonds. The molecule has 2 bridgehead atoms. The summed E-state index contributed by atoms with van der Waals surface area (Å²) in [6, 6.07) is 18.1. The van der Waals surface area contributed by atoms with Crippen molar-refractivity contribution in [2.24, 2.45) is 23.7 Å². The molecular formula is C27H23N3O3. The predicted octanol–water partition coefficient (Wildman–Crippen LogP) is 4.11. The summed E-state index contributed by atoms with van der Waals surface area (Å²) in [6.45, 7) is 0. The van der Waals surface area contributed by atoms with Crippen LogP contribution in [0.1, 0.15) is 24.4 Å². The van der Waals surface area contributed by atoms with Gasteiger partial charge in [0.2, 0.25) is 17.7 Å². The third kappa shape index (κ3) is 3.25. The number of imide groups is 1. The molecule has 1 aromatic heterocycles. The first-order valence-corrected chi connectivity index (χ1v) is 11.3. The van der Waals surface area contributed by atoms with Crippen LogP contribution in [-0.4, -0.2) is 27.6 Å². The van der Waals surface area contributed by atoms with Crippen LogP contribution in [0.5, 0.6) is 0 Å². The second kappa shape index (κ2) is 7.66. The highest BCUT2D eigenvalue weighted by Gasteiger charge is 2.60. The van der Waals surface area contributed by atoms with Crippen molar-refractivity contribution in [3.8, 4) is 0 Å². The van der Waals surface area contributed by atoms with Crippen LogP contribution < -0.4 is 5.32 Å². The smallest absolute Gasteiger partial charge is 0.234 e. The number of allylic oxidation sites excluding steroid dienone is 2. The Morgan fingerprint density at radius 3 is 2.42 bits per heavy atom. The van der Waals surface area contributed by atoms with Gasteiger partial charge in [0.05, 0.1) is 29.8 Å². The minimum absolute atomic E-state index is 0.00870. The molecule has 3 aliphatic rings. The zero-order valence-electron chi connectivity index (χ0n) is 17.9. The van der Waals surface area contributed by atoms with Gasteiger partial charge >= 0.3 is 0 Å². The normalized spacial score (nSPS) is 26.1. The lowest BCUT2D eigenvalue weighted by Crippen LogP contribution is -2.38. The number of benzene rings is 2. The maximum Gasteiger partial charge on any atom is 0.234 e. The Hall–Kier alpha value is -3.80. The molecule has 1 saturated carbocycles. The van der Waals surface area contributed by atoms with Crippen LogP contribution >= 0.6 is 0 Å². The lowest BCUT2D eigenvalue weighted by molar-refractivity contribution is -0.144. The van der Waals surface area contributed by atoms with E-state index in [4.69, 9.17) is 0 Å². The SMILES string of the molecule is O=C(CC(c1ccccc1)N1C(=O)C2C3C=CC(C3)C2C1=O)Nc1ccc2ncccc2c1. The number of rotatable bonds is 5. The van der Waals surface area contributed by atoms with Gasteiger partial charge in [0.15, 0.2) is 0 Å². The number of hydrogen-bond acceptors (Lipinski definition) is 4. The molecular weight excluding hydrogens is 414 g/mol. The van der Waals surface area contributed by atoms with Crippen LogP contribution in [0.3, 0.4) is 0 Å². The molecule has 1 saturated heterocycles. The molecule has 2 aromatic carbocycles. The van der Waals surface area contributed by atoms with Crippen molar-refractivity contribution < 1.29 is 14.4 Å². The molecule has 6 heteroatoms. The van der Waals surface area contributed by atoms with E-state index in [9.17, 15) is 14.4 Å². The Morgan fingerprint density at radius 1 is 0.970 bits per heavy atom. The van der Waals surface area contributed by atoms with E-state index in [1.165, 1.54) is 4.90 Å². The fraction of sp³-hybridized carbons (Fsp3) is 0.259. The van der Waals surface area contributed by atoms with Gasteiger partial charge in [-0.3, -0.25) is 24.3 Å². The zero-order chi connectivity index (χ0) is 22.5. The first-order valence-electron chi connectivity index (χ1n) is 11.3. The molecule has 164 valence electrons. The molecule has 33 heavy (non-hydrogen) atoms. The number of pyridine rings is 1. The van der Waals surface area contributed by atoms with E-state index in [1.54, 1.807) is 6.20 Å². The van der Waals surface area contributed by atoms with E-state index in [2.05, 4.69) is 22.5 Å². The summed E-state index contributed by atoms with van der Waals surface area (Å²) < 4.78 is 0. The van der Waals surface area contributed by atoms with Crippen LogP contribution in [0.2, 0.25) is 0 Å². The standard InChI is InChI=1S/C27H23N3O3/c31-23(29-20-10-11-21-17(14-20)7-4-12-28-21)15-22(16-5-2-1-3-6-16)30-26(32)24-18-8-9-19(13-18)25(24)27(30)33/h1-12,14,18-19,22,24-25H,13,15H2,(H,29,31). The number of anilines is 1. The van der Waals surface area contributed by atoms with Crippen molar-refractivity contribution >= 4 is 34.3 Å². The average molecular weight is 437 g/mol. The van der Waals surface area contributed by atoms with Crippen LogP contribution in [-0.2, 0) is 14.4 Å². The predicted molar refractivity (Wildman–Crippen MR) is 124 cm³/mol. The maximum atomic E-state index is 13.4. The van der Waals surface area contributed by atoms with Gasteiger partial charge in [-0.15, -0.1) is 0 Å². The van der Waals surface area contributed by atoms with E-state index in [-0.39, 0.29) is 47.8 Å². The van der Waals surface area contributed by atoms with Gasteiger partial charge < -0.3 is 5.32 Å². The number of likely N-dealkylation sites (tertiary alicyclic amines) is 1. The van der Waals surface area contributed by atoms with E-state index >= 15 is 0 Å². The zero-order valence-corrected chi connectivity index (χ0v) is 17.9. The Morgan fingerprint density at radius 2 is 1.70 bits per heavy atom. The number of fused-ring (bicyclic) bond motifs is 6. The highest BCUT2D eigenvalue weighted by atomic mass is 16.2. The van der Waals surface area contributed by atoms with Crippen molar-refractivity contribution in [2.75, 3.05) is 5.32 Å². The summed E-state index contributed by atoms with van der Waals surface area (Å²) in [5, 5.41) is 3.87. The number of carbonyl (C=O) groups excluding carboxylic acids is 3. The van der Waals surface area contributed by atoms with Crippen LogP contribution in [0.4, 0.5) is 5.69 Å². The molecule has 5 atom stereocenters. The number of hydrogen-bond donors (Lipinski definition) is 1. The van der Waals surface area contributed by atoms with Gasteiger partial charge in [0.25, 0.3) is 0 Å². The van der Waals surface area contributed by atoms with E-state index in [1.807, 2.05) is 60.7 Å². The molecule has 3 aromatic rings. The summed E-state index contributed by atoms with van der Waals surface area (Å²) in [4.78, 5) is 45.6. The third-order valence-electron chi connectivity index (χ3n) is 7.27. The first-order chi connectivity index (χ1) is 16.1. The monoisotopic (exact) mass is 437 g/mol. The first kappa shape index (κ1) is 19.9. The minimum Gasteiger partial charge on any atom is -0.326 e. The summed E-state index contributed by atoms with van der Waals surface area (Å²) in [6.07, 6.45) is 6.79. The largest absolute Gasteiger partial charge is 0.326 e. The van der Waals surface area contributed by atoms with Crippen molar-refractivity contribution in [3.63, 3.8) is 0 Å². The number of nitrogens with zero attached hydrogens (tertiary/aromatic N) is 2. The van der Waals surface area contributed by atoms with Crippen LogP contribution in [0.15, 0.2) is 79.0 Å². The second-order valence-corrected chi connectivity index (χ2v) is 9.14. The second-order valence-electron chi connectivity index (χ2n) is 9.14. The van der Waals surface area contributed by atoms with Gasteiger partial charge in [-0.05, 0) is 48.1 Å². The Kier molecular flexibility index (Phi) is 4.61. The maximum absolute atomic E-state index is 13.4. The molecule has 0 radical (unpaired) electrons. The third-order valence-corrected chi connectivity index (χ3v) is 7.27. The number of carbonyl (C=O) groups is 3. The van der Waals surface area contributed by atoms with Crippen molar-refractivity contribution in [3.05, 3.63) is 84.6 Å². The lowest BCUT2D eigenvalue weighted by Gasteiger charge is -2.28. The summed E-state index contributed by atoms with van der Waals surface area (Å²) in [5.41, 5.74) is 2.29. The molecule has 5 unspecified atom stereocenters. The minimum atomic E-state index is -0.627. The van der Waals surface area contributed by atoms with E-state index in [0.717, 1.165) is 22.9 Å². The van der Waals surface area contributed by atoms with Crippen LogP contribution in [0.25, 0.3) is 10.9 Å². The highest BCUT2D eigenvalue weighted by molar-refractivity contribution is 6.07. The fourth-order valence-corrected chi connectivity index (χ4v) is 5.81. The lowest BCUT2D eigenvalue weighted by atomic mass is 9.85. The highest BCUT2D eigenvalue weighted by Crippen LogP contribution is 2.54. The Balaban J connectivity index is 1.28. The molecule has 2 aliphatic carbocycles. The van der Waals surface area contributed by atoms with E-state index in [0.29, 0.717) is 5.69 Å². The Bertz CT molecular complexity index is 1270. The van der Waals surface area contributed by atoms with Crippen molar-refractivity contribution in [2.45, 2.75) is 18.9 Å². The van der Waals surface area contributed by atoms with E-state index < -0.39 is 6.04 Å². The van der Waals surface area contributed by atoms with Gasteiger partial charge in [-0.25, -0.2) is 0 Å². The topological polar surface area (TPSA) is 79.4 Å². The molecule has 6 nitrogen and oxygen atoms in total. The fourth-order valence-electron chi connectivity index (χ4n) is 5.81. The Labute approximate surface area is 191 Å². The molecule has 2 heterocycles. The summed E-state index contributed by atoms with van der Waals surface area (Å²) in [7, 11) is 0. The number of nitrogens with one attached hydrogen (secondary N) is 1. The molecule has 0 spiro atoms. The van der Waals surface area contributed by atoms with Gasteiger partial charge in [-0.1, -0.05) is 48.6 Å². The molecule has 1 aliphatic heterocycles. The number of amides is 3. The summed E-state index contributed by atoms with van der Waals surface area (Å²) in [5.74, 6) is -0.813. The van der Waals surface area contributed by atoms with Gasteiger partial charge in [0, 0.05) is 17.3 Å². The molecule has 1 N–H and O–H groups in total. The van der Waals surface area contributed by atoms with Crippen molar-refractivity contribution in [1.82, 2.24) is 9.88 Å². The molecule has 6 rings (SSSR count). The van der Waals surface area contributed by atoms with Crippen molar-refractivity contribution in [1.29, 1.82) is 0 Å². The summed E-state index contributed by atoms with van der Waals surface area (Å²) >= 11 is 0.